The number of phenols is 1. The van der Waals surface area contributed by atoms with E-state index < -0.39 is 0 Å². The van der Waals surface area contributed by atoms with Gasteiger partial charge in [-0.25, -0.2) is 0 Å². The summed E-state index contributed by atoms with van der Waals surface area (Å²) in [6.45, 7) is 10.5. The second-order valence-electron chi connectivity index (χ2n) is 5.24. The lowest BCUT2D eigenvalue weighted by molar-refractivity contribution is 0.0627. The van der Waals surface area contributed by atoms with Gasteiger partial charge in [0.15, 0.2) is 0 Å². The second kappa shape index (κ2) is 6.76. The SMILES string of the molecule is Cc1cc(CN(C)CCOC(C)C)cc(C)c1O. The van der Waals surface area contributed by atoms with E-state index in [1.165, 1.54) is 5.56 Å². The van der Waals surface area contributed by atoms with E-state index in [2.05, 4.69) is 11.9 Å². The van der Waals surface area contributed by atoms with Crippen LogP contribution in [0.4, 0.5) is 0 Å². The van der Waals surface area contributed by atoms with Gasteiger partial charge >= 0.3 is 0 Å². The molecule has 0 unspecified atom stereocenters. The van der Waals surface area contributed by atoms with Crippen LogP contribution in [0.25, 0.3) is 0 Å². The Balaban J connectivity index is 2.51. The van der Waals surface area contributed by atoms with Gasteiger partial charge in [-0.15, -0.1) is 0 Å². The Labute approximate surface area is 110 Å². The molecular weight excluding hydrogens is 226 g/mol. The van der Waals surface area contributed by atoms with Gasteiger partial charge in [0.05, 0.1) is 12.7 Å². The van der Waals surface area contributed by atoms with E-state index in [1.54, 1.807) is 0 Å². The van der Waals surface area contributed by atoms with Crippen molar-refractivity contribution in [3.8, 4) is 5.75 Å². The fourth-order valence-electron chi connectivity index (χ4n) is 1.97. The molecule has 1 rings (SSSR count). The van der Waals surface area contributed by atoms with Crippen LogP contribution in [-0.2, 0) is 11.3 Å². The number of nitrogens with zero attached hydrogens (tertiary/aromatic N) is 1. The van der Waals surface area contributed by atoms with Crippen LogP contribution in [0.1, 0.15) is 30.5 Å². The monoisotopic (exact) mass is 251 g/mol. The summed E-state index contributed by atoms with van der Waals surface area (Å²) < 4.78 is 5.54. The zero-order valence-electron chi connectivity index (χ0n) is 12.2. The molecular formula is C15H25NO2. The summed E-state index contributed by atoms with van der Waals surface area (Å²) in [5, 5.41) is 9.73. The lowest BCUT2D eigenvalue weighted by Crippen LogP contribution is -2.24. The molecule has 0 spiro atoms. The number of likely N-dealkylation sites (N-methyl/N-ethyl adjacent to an activating group) is 1. The summed E-state index contributed by atoms with van der Waals surface area (Å²) in [6.07, 6.45) is 0.288. The molecule has 3 heteroatoms. The highest BCUT2D eigenvalue weighted by molar-refractivity contribution is 5.42. The third-order valence-electron chi connectivity index (χ3n) is 2.93. The number of ether oxygens (including phenoxy) is 1. The van der Waals surface area contributed by atoms with Gasteiger partial charge in [0, 0.05) is 13.1 Å². The molecule has 0 aliphatic heterocycles. The van der Waals surface area contributed by atoms with Crippen molar-refractivity contribution in [1.82, 2.24) is 4.90 Å². The van der Waals surface area contributed by atoms with Crippen molar-refractivity contribution in [3.63, 3.8) is 0 Å². The van der Waals surface area contributed by atoms with E-state index in [9.17, 15) is 5.11 Å². The Morgan fingerprint density at radius 3 is 2.28 bits per heavy atom. The van der Waals surface area contributed by atoms with Crippen LogP contribution in [0.15, 0.2) is 12.1 Å². The topological polar surface area (TPSA) is 32.7 Å². The molecule has 0 radical (unpaired) electrons. The zero-order valence-corrected chi connectivity index (χ0v) is 12.2. The molecule has 1 aromatic carbocycles. The molecule has 0 saturated carbocycles. The first-order valence-electron chi connectivity index (χ1n) is 6.49. The van der Waals surface area contributed by atoms with E-state index >= 15 is 0 Å². The van der Waals surface area contributed by atoms with Crippen molar-refractivity contribution in [3.05, 3.63) is 28.8 Å². The van der Waals surface area contributed by atoms with Crippen LogP contribution in [0.3, 0.4) is 0 Å². The number of phenolic OH excluding ortho intramolecular Hbond substituents is 1. The smallest absolute Gasteiger partial charge is 0.121 e. The average molecular weight is 251 g/mol. The number of benzene rings is 1. The molecule has 0 heterocycles. The third kappa shape index (κ3) is 4.67. The van der Waals surface area contributed by atoms with Crippen LogP contribution in [0.2, 0.25) is 0 Å². The molecule has 0 bridgehead atoms. The van der Waals surface area contributed by atoms with Crippen LogP contribution in [0, 0.1) is 13.8 Å². The summed E-state index contributed by atoms with van der Waals surface area (Å²) in [5.74, 6) is 0.407. The molecule has 0 aromatic heterocycles. The molecule has 1 aromatic rings. The standard InChI is InChI=1S/C15H25NO2/c1-11(2)18-7-6-16(5)10-14-8-12(3)15(17)13(4)9-14/h8-9,11,17H,6-7,10H2,1-5H3. The molecule has 0 aliphatic rings. The summed E-state index contributed by atoms with van der Waals surface area (Å²) in [6, 6.07) is 4.09. The fourth-order valence-corrected chi connectivity index (χ4v) is 1.97. The van der Waals surface area contributed by atoms with Gasteiger partial charge in [0.1, 0.15) is 5.75 Å². The predicted molar refractivity (Wildman–Crippen MR) is 75.0 cm³/mol. The normalized spacial score (nSPS) is 11.5. The van der Waals surface area contributed by atoms with Gasteiger partial charge in [-0.2, -0.15) is 0 Å². The third-order valence-corrected chi connectivity index (χ3v) is 2.93. The molecule has 0 saturated heterocycles. The van der Waals surface area contributed by atoms with Gasteiger partial charge < -0.3 is 9.84 Å². The summed E-state index contributed by atoms with van der Waals surface area (Å²) in [7, 11) is 2.08. The first-order valence-corrected chi connectivity index (χ1v) is 6.49. The second-order valence-corrected chi connectivity index (χ2v) is 5.24. The lowest BCUT2D eigenvalue weighted by Gasteiger charge is -2.18. The van der Waals surface area contributed by atoms with E-state index in [1.807, 2.05) is 39.8 Å². The fraction of sp³-hybridized carbons (Fsp3) is 0.600. The molecule has 0 fully saturated rings. The van der Waals surface area contributed by atoms with Gasteiger partial charge in [-0.1, -0.05) is 12.1 Å². The minimum absolute atomic E-state index is 0.288. The van der Waals surface area contributed by atoms with Crippen LogP contribution < -0.4 is 0 Å². The maximum Gasteiger partial charge on any atom is 0.121 e. The summed E-state index contributed by atoms with van der Waals surface area (Å²) in [5.41, 5.74) is 3.11. The molecule has 0 aliphatic carbocycles. The lowest BCUT2D eigenvalue weighted by atomic mass is 10.1. The van der Waals surface area contributed by atoms with E-state index in [0.29, 0.717) is 5.75 Å². The van der Waals surface area contributed by atoms with E-state index in [4.69, 9.17) is 4.74 Å². The minimum Gasteiger partial charge on any atom is -0.507 e. The Morgan fingerprint density at radius 1 is 1.22 bits per heavy atom. The highest BCUT2D eigenvalue weighted by atomic mass is 16.5. The molecule has 0 amide bonds. The largest absolute Gasteiger partial charge is 0.507 e. The van der Waals surface area contributed by atoms with Gasteiger partial charge in [0.25, 0.3) is 0 Å². The van der Waals surface area contributed by atoms with Crippen molar-refractivity contribution in [2.45, 2.75) is 40.3 Å². The van der Waals surface area contributed by atoms with Crippen molar-refractivity contribution in [2.75, 3.05) is 20.2 Å². The molecule has 3 nitrogen and oxygen atoms in total. The number of hydrogen-bond acceptors (Lipinski definition) is 3. The van der Waals surface area contributed by atoms with Crippen molar-refractivity contribution >= 4 is 0 Å². The van der Waals surface area contributed by atoms with Gasteiger partial charge in [-0.3, -0.25) is 4.90 Å². The van der Waals surface area contributed by atoms with Crippen molar-refractivity contribution < 1.29 is 9.84 Å². The Kier molecular flexibility index (Phi) is 5.63. The molecule has 1 N–H and O–H groups in total. The highest BCUT2D eigenvalue weighted by Gasteiger charge is 2.06. The number of aromatic hydroxyl groups is 1. The molecule has 18 heavy (non-hydrogen) atoms. The number of rotatable bonds is 6. The van der Waals surface area contributed by atoms with Crippen molar-refractivity contribution in [1.29, 1.82) is 0 Å². The van der Waals surface area contributed by atoms with Gasteiger partial charge in [-0.05, 0) is 51.4 Å². The van der Waals surface area contributed by atoms with Crippen LogP contribution in [0.5, 0.6) is 5.75 Å². The Morgan fingerprint density at radius 2 is 1.78 bits per heavy atom. The maximum atomic E-state index is 9.73. The van der Waals surface area contributed by atoms with Crippen LogP contribution >= 0.6 is 0 Å². The Hall–Kier alpha value is -1.06. The quantitative estimate of drug-likeness (QED) is 0.844. The molecule has 102 valence electrons. The highest BCUT2D eigenvalue weighted by Crippen LogP contribution is 2.23. The first kappa shape index (κ1) is 15.0. The molecule has 0 atom stereocenters. The minimum atomic E-state index is 0.288. The number of aryl methyl sites for hydroxylation is 2. The summed E-state index contributed by atoms with van der Waals surface area (Å²) in [4.78, 5) is 2.23. The Bertz CT molecular complexity index is 365. The average Bonchev–Trinajstić information content (AvgIpc) is 2.25. The van der Waals surface area contributed by atoms with E-state index in [0.717, 1.165) is 30.8 Å². The predicted octanol–water partition coefficient (Wildman–Crippen LogP) is 2.87. The van der Waals surface area contributed by atoms with E-state index in [-0.39, 0.29) is 6.10 Å². The van der Waals surface area contributed by atoms with Crippen LogP contribution in [-0.4, -0.2) is 36.3 Å². The van der Waals surface area contributed by atoms with Gasteiger partial charge in [0.2, 0.25) is 0 Å². The zero-order chi connectivity index (χ0) is 13.7. The first-order chi connectivity index (χ1) is 8.40. The maximum absolute atomic E-state index is 9.73. The summed E-state index contributed by atoms with van der Waals surface area (Å²) >= 11 is 0. The van der Waals surface area contributed by atoms with Crippen molar-refractivity contribution in [2.24, 2.45) is 0 Å². The number of hydrogen-bond donors (Lipinski definition) is 1.